The molecule has 1 aromatic rings. The van der Waals surface area contributed by atoms with Crippen LogP contribution in [0.4, 0.5) is 0 Å². The summed E-state index contributed by atoms with van der Waals surface area (Å²) in [6.07, 6.45) is 0.699. The molecule has 0 radical (unpaired) electrons. The van der Waals surface area contributed by atoms with E-state index in [0.717, 1.165) is 12.1 Å². The quantitative estimate of drug-likeness (QED) is 0.754. The minimum atomic E-state index is -0.154. The van der Waals surface area contributed by atoms with Gasteiger partial charge in [0.1, 0.15) is 0 Å². The number of Topliss-reactive ketones (excluding diaryl/α,β-unsaturated/α-hetero) is 1. The van der Waals surface area contributed by atoms with E-state index in [-0.39, 0.29) is 18.4 Å². The Morgan fingerprint density at radius 1 is 1.22 bits per heavy atom. The van der Waals surface area contributed by atoms with Gasteiger partial charge in [-0.05, 0) is 27.2 Å². The third-order valence-corrected chi connectivity index (χ3v) is 3.17. The maximum Gasteiger partial charge on any atom is 0.179 e. The van der Waals surface area contributed by atoms with Crippen molar-refractivity contribution in [2.24, 2.45) is 0 Å². The van der Waals surface area contributed by atoms with Gasteiger partial charge in [0.15, 0.2) is 5.78 Å². The van der Waals surface area contributed by atoms with Crippen molar-refractivity contribution in [1.29, 1.82) is 0 Å². The first kappa shape index (κ1) is 14.9. The topological polar surface area (TPSA) is 40.5 Å². The molecule has 3 heteroatoms. The molecule has 18 heavy (non-hydrogen) atoms. The Kier molecular flexibility index (Phi) is 6.02. The molecule has 1 atom stereocenters. The van der Waals surface area contributed by atoms with Crippen molar-refractivity contribution in [2.45, 2.75) is 39.3 Å². The summed E-state index contributed by atoms with van der Waals surface area (Å²) in [5.41, 5.74) is 0.750. The number of carbonyl (C=O) groups excluding carboxylic acids is 1. The van der Waals surface area contributed by atoms with Crippen LogP contribution in [0, 0.1) is 0 Å². The molecule has 0 aliphatic rings. The summed E-state index contributed by atoms with van der Waals surface area (Å²) in [5, 5.41) is 8.92. The Bertz CT molecular complexity index is 362. The predicted octanol–water partition coefficient (Wildman–Crippen LogP) is 2.35. The van der Waals surface area contributed by atoms with Crippen molar-refractivity contribution >= 4 is 5.78 Å². The predicted molar refractivity (Wildman–Crippen MR) is 73.8 cm³/mol. The molecule has 0 saturated carbocycles. The van der Waals surface area contributed by atoms with Gasteiger partial charge < -0.3 is 5.11 Å². The summed E-state index contributed by atoms with van der Waals surface area (Å²) < 4.78 is 0. The molecule has 3 nitrogen and oxygen atoms in total. The van der Waals surface area contributed by atoms with E-state index < -0.39 is 0 Å². The summed E-state index contributed by atoms with van der Waals surface area (Å²) in [4.78, 5) is 14.5. The van der Waals surface area contributed by atoms with E-state index in [4.69, 9.17) is 5.11 Å². The Morgan fingerprint density at radius 3 is 2.33 bits per heavy atom. The van der Waals surface area contributed by atoms with Crippen LogP contribution >= 0.6 is 0 Å². The monoisotopic (exact) mass is 249 g/mol. The number of aliphatic hydroxyl groups is 1. The standard InChI is InChI=1S/C15H23NO2/c1-12(2)16(10-7-11-17)13(3)15(18)14-8-5-4-6-9-14/h4-6,8-9,12-13,17H,7,10-11H2,1-3H3. The zero-order chi connectivity index (χ0) is 13.5. The van der Waals surface area contributed by atoms with Gasteiger partial charge in [0.25, 0.3) is 0 Å². The Morgan fingerprint density at radius 2 is 1.83 bits per heavy atom. The number of nitrogens with zero attached hydrogens (tertiary/aromatic N) is 1. The normalized spacial score (nSPS) is 13.0. The molecular formula is C15H23NO2. The molecule has 0 spiro atoms. The van der Waals surface area contributed by atoms with Gasteiger partial charge in [-0.1, -0.05) is 30.3 Å². The minimum Gasteiger partial charge on any atom is -0.396 e. The second-order valence-corrected chi connectivity index (χ2v) is 4.81. The van der Waals surface area contributed by atoms with Crippen molar-refractivity contribution < 1.29 is 9.90 Å². The van der Waals surface area contributed by atoms with Gasteiger partial charge in [-0.3, -0.25) is 9.69 Å². The highest BCUT2D eigenvalue weighted by Crippen LogP contribution is 2.12. The largest absolute Gasteiger partial charge is 0.396 e. The van der Waals surface area contributed by atoms with E-state index in [0.29, 0.717) is 12.5 Å². The van der Waals surface area contributed by atoms with Gasteiger partial charge in [-0.2, -0.15) is 0 Å². The van der Waals surface area contributed by atoms with E-state index >= 15 is 0 Å². The fraction of sp³-hybridized carbons (Fsp3) is 0.533. The number of hydrogen-bond acceptors (Lipinski definition) is 3. The maximum absolute atomic E-state index is 12.3. The minimum absolute atomic E-state index is 0.141. The SMILES string of the molecule is CC(C)N(CCCO)C(C)C(=O)c1ccccc1. The van der Waals surface area contributed by atoms with Crippen LogP contribution in [0.25, 0.3) is 0 Å². The van der Waals surface area contributed by atoms with Crippen LogP contribution < -0.4 is 0 Å². The van der Waals surface area contributed by atoms with Gasteiger partial charge in [-0.15, -0.1) is 0 Å². The third-order valence-electron chi connectivity index (χ3n) is 3.17. The highest BCUT2D eigenvalue weighted by atomic mass is 16.3. The van der Waals surface area contributed by atoms with E-state index in [2.05, 4.69) is 18.7 Å². The van der Waals surface area contributed by atoms with Crippen LogP contribution in [0.2, 0.25) is 0 Å². The van der Waals surface area contributed by atoms with Gasteiger partial charge >= 0.3 is 0 Å². The first-order valence-corrected chi connectivity index (χ1v) is 6.53. The first-order chi connectivity index (χ1) is 8.57. The van der Waals surface area contributed by atoms with Gasteiger partial charge in [0.05, 0.1) is 6.04 Å². The molecule has 0 bridgehead atoms. The summed E-state index contributed by atoms with van der Waals surface area (Å²) >= 11 is 0. The summed E-state index contributed by atoms with van der Waals surface area (Å²) in [6, 6.07) is 9.51. The number of ketones is 1. The molecule has 0 amide bonds. The fourth-order valence-corrected chi connectivity index (χ4v) is 2.15. The van der Waals surface area contributed by atoms with Crippen LogP contribution in [0.3, 0.4) is 0 Å². The van der Waals surface area contributed by atoms with Crippen LogP contribution in [0.15, 0.2) is 30.3 Å². The molecule has 1 rings (SSSR count). The number of carbonyl (C=O) groups is 1. The molecule has 0 aliphatic heterocycles. The number of benzene rings is 1. The highest BCUT2D eigenvalue weighted by Gasteiger charge is 2.23. The van der Waals surface area contributed by atoms with Crippen molar-refractivity contribution in [2.75, 3.05) is 13.2 Å². The second-order valence-electron chi connectivity index (χ2n) is 4.81. The third kappa shape index (κ3) is 3.93. The lowest BCUT2D eigenvalue weighted by atomic mass is 10.0. The van der Waals surface area contributed by atoms with Crippen LogP contribution in [0.5, 0.6) is 0 Å². The molecular weight excluding hydrogens is 226 g/mol. The van der Waals surface area contributed by atoms with Gasteiger partial charge in [0, 0.05) is 24.8 Å². The number of rotatable bonds is 7. The lowest BCUT2D eigenvalue weighted by molar-refractivity contribution is 0.0772. The molecule has 1 aromatic carbocycles. The van der Waals surface area contributed by atoms with E-state index in [1.807, 2.05) is 37.3 Å². The molecule has 0 saturated heterocycles. The van der Waals surface area contributed by atoms with Crippen molar-refractivity contribution in [3.05, 3.63) is 35.9 Å². The highest BCUT2D eigenvalue weighted by molar-refractivity contribution is 5.99. The van der Waals surface area contributed by atoms with Gasteiger partial charge in [-0.25, -0.2) is 0 Å². The van der Waals surface area contributed by atoms with Crippen molar-refractivity contribution in [3.8, 4) is 0 Å². The summed E-state index contributed by atoms with van der Waals surface area (Å²) in [6.45, 7) is 6.99. The van der Waals surface area contributed by atoms with Crippen LogP contribution in [-0.2, 0) is 0 Å². The average Bonchev–Trinajstić information content (AvgIpc) is 2.38. The molecule has 0 fully saturated rings. The van der Waals surface area contributed by atoms with Crippen LogP contribution in [0.1, 0.15) is 37.6 Å². The number of aliphatic hydroxyl groups excluding tert-OH is 1. The molecule has 0 heterocycles. The summed E-state index contributed by atoms with van der Waals surface area (Å²) in [5.74, 6) is 0.141. The van der Waals surface area contributed by atoms with Crippen molar-refractivity contribution in [3.63, 3.8) is 0 Å². The fourth-order valence-electron chi connectivity index (χ4n) is 2.15. The van der Waals surface area contributed by atoms with E-state index in [9.17, 15) is 4.79 Å². The molecule has 100 valence electrons. The van der Waals surface area contributed by atoms with Crippen molar-refractivity contribution in [1.82, 2.24) is 4.90 Å². The summed E-state index contributed by atoms with van der Waals surface area (Å²) in [7, 11) is 0. The Hall–Kier alpha value is -1.19. The molecule has 0 aromatic heterocycles. The number of hydrogen-bond donors (Lipinski definition) is 1. The zero-order valence-electron chi connectivity index (χ0n) is 11.5. The molecule has 0 aliphatic carbocycles. The molecule has 1 unspecified atom stereocenters. The lowest BCUT2D eigenvalue weighted by Gasteiger charge is -2.31. The maximum atomic E-state index is 12.3. The lowest BCUT2D eigenvalue weighted by Crippen LogP contribution is -2.44. The van der Waals surface area contributed by atoms with E-state index in [1.165, 1.54) is 0 Å². The first-order valence-electron chi connectivity index (χ1n) is 6.53. The van der Waals surface area contributed by atoms with E-state index in [1.54, 1.807) is 0 Å². The zero-order valence-corrected chi connectivity index (χ0v) is 11.5. The Labute approximate surface area is 109 Å². The average molecular weight is 249 g/mol. The second kappa shape index (κ2) is 7.29. The smallest absolute Gasteiger partial charge is 0.179 e. The van der Waals surface area contributed by atoms with Crippen LogP contribution in [-0.4, -0.2) is 41.0 Å². The molecule has 1 N–H and O–H groups in total. The van der Waals surface area contributed by atoms with Gasteiger partial charge in [0.2, 0.25) is 0 Å². The Balaban J connectivity index is 2.76.